The lowest BCUT2D eigenvalue weighted by Crippen LogP contribution is -2.30. The van der Waals surface area contributed by atoms with Crippen LogP contribution in [0.2, 0.25) is 0 Å². The molecular formula is C22H22N2O5. The van der Waals surface area contributed by atoms with Gasteiger partial charge in [0.05, 0.1) is 11.1 Å². The van der Waals surface area contributed by atoms with Crippen molar-refractivity contribution in [2.45, 2.75) is 32.2 Å². The average Bonchev–Trinajstić information content (AvgIpc) is 3.30. The van der Waals surface area contributed by atoms with E-state index in [1.54, 1.807) is 24.3 Å². The Morgan fingerprint density at radius 3 is 2.41 bits per heavy atom. The van der Waals surface area contributed by atoms with E-state index < -0.39 is 0 Å². The first-order valence-electron chi connectivity index (χ1n) is 9.74. The fourth-order valence-electron chi connectivity index (χ4n) is 3.51. The molecule has 0 spiro atoms. The molecule has 0 aromatic heterocycles. The van der Waals surface area contributed by atoms with E-state index >= 15 is 0 Å². The number of nitrogens with zero attached hydrogens (tertiary/aromatic N) is 1. The first-order chi connectivity index (χ1) is 14.1. The molecule has 7 nitrogen and oxygen atoms in total. The van der Waals surface area contributed by atoms with Crippen molar-refractivity contribution >= 4 is 17.7 Å². The summed E-state index contributed by atoms with van der Waals surface area (Å²) in [5.41, 5.74) is 1.90. The van der Waals surface area contributed by atoms with Gasteiger partial charge in [-0.1, -0.05) is 24.6 Å². The van der Waals surface area contributed by atoms with Crippen LogP contribution in [-0.4, -0.2) is 36.0 Å². The number of amides is 3. The van der Waals surface area contributed by atoms with E-state index in [4.69, 9.17) is 9.47 Å². The Bertz CT molecular complexity index is 921. The SMILES string of the molecule is O=C(CCCCCN1C(=O)c2ccccc2C1=O)NCc1ccc2c(c1)OCO2. The van der Waals surface area contributed by atoms with Crippen molar-refractivity contribution in [3.05, 3.63) is 59.2 Å². The molecule has 7 heteroatoms. The molecule has 2 aromatic rings. The van der Waals surface area contributed by atoms with Crippen molar-refractivity contribution in [3.8, 4) is 11.5 Å². The molecule has 0 saturated heterocycles. The van der Waals surface area contributed by atoms with Gasteiger partial charge in [0, 0.05) is 19.5 Å². The summed E-state index contributed by atoms with van der Waals surface area (Å²) < 4.78 is 10.6. The number of rotatable bonds is 8. The van der Waals surface area contributed by atoms with Gasteiger partial charge in [-0.15, -0.1) is 0 Å². The summed E-state index contributed by atoms with van der Waals surface area (Å²) in [6.45, 7) is 1.04. The molecule has 2 aliphatic rings. The van der Waals surface area contributed by atoms with E-state index in [0.717, 1.165) is 17.7 Å². The molecule has 0 fully saturated rings. The predicted molar refractivity (Wildman–Crippen MR) is 105 cm³/mol. The third-order valence-corrected chi connectivity index (χ3v) is 5.09. The van der Waals surface area contributed by atoms with Crippen molar-refractivity contribution in [2.75, 3.05) is 13.3 Å². The van der Waals surface area contributed by atoms with Crippen LogP contribution in [0.3, 0.4) is 0 Å². The first-order valence-corrected chi connectivity index (χ1v) is 9.74. The number of unbranched alkanes of at least 4 members (excludes halogenated alkanes) is 2. The van der Waals surface area contributed by atoms with Crippen molar-refractivity contribution in [1.82, 2.24) is 10.2 Å². The van der Waals surface area contributed by atoms with Gasteiger partial charge < -0.3 is 14.8 Å². The molecule has 29 heavy (non-hydrogen) atoms. The monoisotopic (exact) mass is 394 g/mol. The number of hydrogen-bond acceptors (Lipinski definition) is 5. The highest BCUT2D eigenvalue weighted by Crippen LogP contribution is 2.32. The maximum Gasteiger partial charge on any atom is 0.261 e. The number of carbonyl (C=O) groups is 3. The van der Waals surface area contributed by atoms with Gasteiger partial charge in [0.15, 0.2) is 11.5 Å². The van der Waals surface area contributed by atoms with Crippen LogP contribution < -0.4 is 14.8 Å². The number of benzene rings is 2. The second-order valence-electron chi connectivity index (χ2n) is 7.08. The van der Waals surface area contributed by atoms with E-state index in [-0.39, 0.29) is 24.5 Å². The van der Waals surface area contributed by atoms with Crippen molar-refractivity contribution in [3.63, 3.8) is 0 Å². The molecule has 2 aromatic carbocycles. The van der Waals surface area contributed by atoms with E-state index in [2.05, 4.69) is 5.32 Å². The standard InChI is InChI=1S/C22H22N2O5/c25-20(23-13-15-9-10-18-19(12-15)29-14-28-18)8-2-1-5-11-24-21(26)16-6-3-4-7-17(16)22(24)27/h3-4,6-7,9-10,12H,1-2,5,8,11,13-14H2,(H,23,25). The van der Waals surface area contributed by atoms with Gasteiger partial charge in [0.25, 0.3) is 11.8 Å². The fraction of sp³-hybridized carbons (Fsp3) is 0.318. The number of hydrogen-bond donors (Lipinski definition) is 1. The molecule has 2 heterocycles. The van der Waals surface area contributed by atoms with Crippen LogP contribution in [0, 0.1) is 0 Å². The summed E-state index contributed by atoms with van der Waals surface area (Å²) in [7, 11) is 0. The Labute approximate surface area is 168 Å². The molecule has 2 aliphatic heterocycles. The molecule has 0 unspecified atom stereocenters. The third-order valence-electron chi connectivity index (χ3n) is 5.09. The summed E-state index contributed by atoms with van der Waals surface area (Å²) in [6.07, 6.45) is 2.56. The molecule has 4 rings (SSSR count). The highest BCUT2D eigenvalue weighted by molar-refractivity contribution is 6.21. The van der Waals surface area contributed by atoms with E-state index in [1.165, 1.54) is 4.90 Å². The Kier molecular flexibility index (Phi) is 5.46. The zero-order valence-electron chi connectivity index (χ0n) is 16.0. The van der Waals surface area contributed by atoms with Crippen molar-refractivity contribution in [2.24, 2.45) is 0 Å². The quantitative estimate of drug-likeness (QED) is 0.550. The molecule has 1 N–H and O–H groups in total. The van der Waals surface area contributed by atoms with E-state index in [0.29, 0.717) is 49.2 Å². The minimum absolute atomic E-state index is 0.0246. The molecule has 0 saturated carbocycles. The number of carbonyl (C=O) groups excluding carboxylic acids is 3. The number of fused-ring (bicyclic) bond motifs is 2. The Hall–Kier alpha value is -3.35. The lowest BCUT2D eigenvalue weighted by Gasteiger charge is -2.13. The minimum Gasteiger partial charge on any atom is -0.454 e. The highest BCUT2D eigenvalue weighted by atomic mass is 16.7. The Morgan fingerprint density at radius 2 is 1.66 bits per heavy atom. The van der Waals surface area contributed by atoms with E-state index in [1.807, 2.05) is 18.2 Å². The summed E-state index contributed by atoms with van der Waals surface area (Å²) in [5.74, 6) is 0.936. The topological polar surface area (TPSA) is 84.9 Å². The molecule has 0 bridgehead atoms. The largest absolute Gasteiger partial charge is 0.454 e. The van der Waals surface area contributed by atoms with Crippen LogP contribution in [-0.2, 0) is 11.3 Å². The molecular weight excluding hydrogens is 372 g/mol. The minimum atomic E-state index is -0.230. The lowest BCUT2D eigenvalue weighted by molar-refractivity contribution is -0.121. The molecule has 150 valence electrons. The van der Waals surface area contributed by atoms with Gasteiger partial charge in [-0.05, 0) is 42.7 Å². The van der Waals surface area contributed by atoms with Crippen LogP contribution >= 0.6 is 0 Å². The van der Waals surface area contributed by atoms with Gasteiger partial charge in [-0.25, -0.2) is 0 Å². The van der Waals surface area contributed by atoms with Crippen LogP contribution in [0.1, 0.15) is 52.0 Å². The van der Waals surface area contributed by atoms with Crippen LogP contribution in [0.25, 0.3) is 0 Å². The summed E-state index contributed by atoms with van der Waals surface area (Å²) in [5, 5.41) is 2.89. The summed E-state index contributed by atoms with van der Waals surface area (Å²) in [6, 6.07) is 12.5. The predicted octanol–water partition coefficient (Wildman–Crippen LogP) is 2.89. The molecule has 0 aliphatic carbocycles. The maximum atomic E-state index is 12.3. The van der Waals surface area contributed by atoms with Crippen LogP contribution in [0.5, 0.6) is 11.5 Å². The Morgan fingerprint density at radius 1 is 0.931 bits per heavy atom. The van der Waals surface area contributed by atoms with E-state index in [9.17, 15) is 14.4 Å². The molecule has 3 amide bonds. The number of ether oxygens (including phenoxy) is 2. The van der Waals surface area contributed by atoms with Gasteiger partial charge in [-0.3, -0.25) is 19.3 Å². The number of imide groups is 1. The summed E-state index contributed by atoms with van der Waals surface area (Å²) >= 11 is 0. The lowest BCUT2D eigenvalue weighted by atomic mass is 10.1. The highest BCUT2D eigenvalue weighted by Gasteiger charge is 2.34. The zero-order valence-corrected chi connectivity index (χ0v) is 16.0. The average molecular weight is 394 g/mol. The maximum absolute atomic E-state index is 12.3. The smallest absolute Gasteiger partial charge is 0.261 e. The van der Waals surface area contributed by atoms with Gasteiger partial charge in [0.1, 0.15) is 0 Å². The third kappa shape index (κ3) is 4.08. The van der Waals surface area contributed by atoms with Crippen molar-refractivity contribution < 1.29 is 23.9 Å². The van der Waals surface area contributed by atoms with Crippen molar-refractivity contribution in [1.29, 1.82) is 0 Å². The zero-order chi connectivity index (χ0) is 20.2. The van der Waals surface area contributed by atoms with Gasteiger partial charge >= 0.3 is 0 Å². The molecule has 0 radical (unpaired) electrons. The van der Waals surface area contributed by atoms with Gasteiger partial charge in [-0.2, -0.15) is 0 Å². The van der Waals surface area contributed by atoms with Crippen LogP contribution in [0.4, 0.5) is 0 Å². The first kappa shape index (κ1) is 19.0. The Balaban J connectivity index is 1.14. The summed E-state index contributed by atoms with van der Waals surface area (Å²) in [4.78, 5) is 37.9. The fourth-order valence-corrected chi connectivity index (χ4v) is 3.51. The molecule has 0 atom stereocenters. The number of nitrogens with one attached hydrogen (secondary N) is 1. The van der Waals surface area contributed by atoms with Crippen LogP contribution in [0.15, 0.2) is 42.5 Å². The normalized spacial score (nSPS) is 14.3. The van der Waals surface area contributed by atoms with Gasteiger partial charge in [0.2, 0.25) is 12.7 Å². The second-order valence-corrected chi connectivity index (χ2v) is 7.08. The second kappa shape index (κ2) is 8.34.